The van der Waals surface area contributed by atoms with Crippen molar-refractivity contribution in [3.8, 4) is 5.75 Å². The van der Waals surface area contributed by atoms with Crippen LogP contribution in [0, 0.1) is 20.8 Å². The Hall–Kier alpha value is -2.29. The van der Waals surface area contributed by atoms with Gasteiger partial charge >= 0.3 is 0 Å². The Labute approximate surface area is 112 Å². The SMILES string of the molecule is Cc1cc(C)c(NC(=O)c2ccccc2O)c(C)c1. The Bertz CT molecular complexity index is 609. The van der Waals surface area contributed by atoms with Gasteiger partial charge in [0.15, 0.2) is 0 Å². The highest BCUT2D eigenvalue weighted by atomic mass is 16.3. The molecule has 0 fully saturated rings. The van der Waals surface area contributed by atoms with Crippen LogP contribution in [0.2, 0.25) is 0 Å². The van der Waals surface area contributed by atoms with Crippen molar-refractivity contribution < 1.29 is 9.90 Å². The van der Waals surface area contributed by atoms with E-state index in [0.29, 0.717) is 0 Å². The van der Waals surface area contributed by atoms with Crippen molar-refractivity contribution in [2.45, 2.75) is 20.8 Å². The zero-order valence-electron chi connectivity index (χ0n) is 11.3. The van der Waals surface area contributed by atoms with Gasteiger partial charge in [-0.3, -0.25) is 4.79 Å². The molecule has 2 aromatic rings. The molecule has 0 radical (unpaired) electrons. The zero-order chi connectivity index (χ0) is 14.0. The van der Waals surface area contributed by atoms with E-state index >= 15 is 0 Å². The molecule has 0 aliphatic heterocycles. The first kappa shape index (κ1) is 13.1. The quantitative estimate of drug-likeness (QED) is 0.861. The summed E-state index contributed by atoms with van der Waals surface area (Å²) < 4.78 is 0. The standard InChI is InChI=1S/C16H17NO2/c1-10-8-11(2)15(12(3)9-10)17-16(19)13-6-4-5-7-14(13)18/h4-9,18H,1-3H3,(H,17,19). The normalized spacial score (nSPS) is 10.3. The molecule has 0 saturated carbocycles. The number of aromatic hydroxyl groups is 1. The Morgan fingerprint density at radius 3 is 2.21 bits per heavy atom. The van der Waals surface area contributed by atoms with Crippen molar-refractivity contribution in [1.29, 1.82) is 0 Å². The van der Waals surface area contributed by atoms with Crippen molar-refractivity contribution in [1.82, 2.24) is 0 Å². The van der Waals surface area contributed by atoms with Crippen LogP contribution in [0.3, 0.4) is 0 Å². The van der Waals surface area contributed by atoms with Gasteiger partial charge in [-0.2, -0.15) is 0 Å². The van der Waals surface area contributed by atoms with E-state index in [1.54, 1.807) is 18.2 Å². The number of carbonyl (C=O) groups is 1. The lowest BCUT2D eigenvalue weighted by molar-refractivity contribution is 0.102. The number of anilines is 1. The van der Waals surface area contributed by atoms with E-state index in [9.17, 15) is 9.90 Å². The minimum atomic E-state index is -0.298. The van der Waals surface area contributed by atoms with Gasteiger partial charge in [0.05, 0.1) is 5.56 Å². The lowest BCUT2D eigenvalue weighted by atomic mass is 10.0. The maximum Gasteiger partial charge on any atom is 0.259 e. The number of nitrogens with one attached hydrogen (secondary N) is 1. The van der Waals surface area contributed by atoms with E-state index in [-0.39, 0.29) is 17.2 Å². The molecule has 0 heterocycles. The van der Waals surface area contributed by atoms with Crippen molar-refractivity contribution in [2.75, 3.05) is 5.32 Å². The monoisotopic (exact) mass is 255 g/mol. The molecule has 0 aliphatic carbocycles. The number of phenols is 1. The Balaban J connectivity index is 2.32. The molecular weight excluding hydrogens is 238 g/mol. The molecule has 0 unspecified atom stereocenters. The second kappa shape index (κ2) is 5.14. The lowest BCUT2D eigenvalue weighted by Gasteiger charge is -2.13. The van der Waals surface area contributed by atoms with Crippen LogP contribution < -0.4 is 5.32 Å². The van der Waals surface area contributed by atoms with Gasteiger partial charge in [0.1, 0.15) is 5.75 Å². The number of hydrogen-bond donors (Lipinski definition) is 2. The van der Waals surface area contributed by atoms with E-state index in [2.05, 4.69) is 5.32 Å². The average Bonchev–Trinajstić information content (AvgIpc) is 2.34. The summed E-state index contributed by atoms with van der Waals surface area (Å²) in [4.78, 5) is 12.2. The highest BCUT2D eigenvalue weighted by Crippen LogP contribution is 2.24. The third-order valence-electron chi connectivity index (χ3n) is 3.06. The average molecular weight is 255 g/mol. The van der Waals surface area contributed by atoms with Crippen molar-refractivity contribution >= 4 is 11.6 Å². The van der Waals surface area contributed by atoms with Gasteiger partial charge in [0.2, 0.25) is 0 Å². The summed E-state index contributed by atoms with van der Waals surface area (Å²) in [6, 6.07) is 10.6. The number of benzene rings is 2. The zero-order valence-corrected chi connectivity index (χ0v) is 11.3. The van der Waals surface area contributed by atoms with E-state index in [0.717, 1.165) is 22.4 Å². The topological polar surface area (TPSA) is 49.3 Å². The lowest BCUT2D eigenvalue weighted by Crippen LogP contribution is -2.14. The second-order valence-electron chi connectivity index (χ2n) is 4.74. The number of rotatable bonds is 2. The summed E-state index contributed by atoms with van der Waals surface area (Å²) in [7, 11) is 0. The first-order valence-electron chi connectivity index (χ1n) is 6.16. The molecule has 3 heteroatoms. The van der Waals surface area contributed by atoms with Crippen LogP contribution in [0.5, 0.6) is 5.75 Å². The van der Waals surface area contributed by atoms with Crippen molar-refractivity contribution in [3.05, 3.63) is 58.7 Å². The number of aryl methyl sites for hydroxylation is 3. The van der Waals surface area contributed by atoms with Gasteiger partial charge in [-0.05, 0) is 44.0 Å². The minimum Gasteiger partial charge on any atom is -0.507 e. The molecule has 0 bridgehead atoms. The van der Waals surface area contributed by atoms with Gasteiger partial charge in [0.25, 0.3) is 5.91 Å². The second-order valence-corrected chi connectivity index (χ2v) is 4.74. The summed E-state index contributed by atoms with van der Waals surface area (Å²) in [5, 5.41) is 12.5. The fourth-order valence-electron chi connectivity index (χ4n) is 2.22. The van der Waals surface area contributed by atoms with Gasteiger partial charge in [-0.15, -0.1) is 0 Å². The number of carbonyl (C=O) groups excluding carboxylic acids is 1. The Morgan fingerprint density at radius 2 is 1.63 bits per heavy atom. The first-order valence-corrected chi connectivity index (χ1v) is 6.16. The van der Waals surface area contributed by atoms with Crippen LogP contribution in [0.1, 0.15) is 27.0 Å². The molecule has 2 N–H and O–H groups in total. The molecular formula is C16H17NO2. The molecule has 0 aliphatic rings. The molecule has 2 rings (SSSR count). The smallest absolute Gasteiger partial charge is 0.259 e. The minimum absolute atomic E-state index is 0.0117. The van der Waals surface area contributed by atoms with Crippen molar-refractivity contribution in [2.24, 2.45) is 0 Å². The molecule has 0 atom stereocenters. The summed E-state index contributed by atoms with van der Waals surface area (Å²) in [5.74, 6) is -0.310. The summed E-state index contributed by atoms with van der Waals surface area (Å²) >= 11 is 0. The highest BCUT2D eigenvalue weighted by Gasteiger charge is 2.13. The summed E-state index contributed by atoms with van der Waals surface area (Å²) in [6.45, 7) is 5.94. The molecule has 1 amide bonds. The molecule has 0 saturated heterocycles. The number of phenolic OH excluding ortho intramolecular Hbond substituents is 1. The van der Waals surface area contributed by atoms with Gasteiger partial charge in [-0.1, -0.05) is 29.8 Å². The van der Waals surface area contributed by atoms with Crippen LogP contribution in [0.4, 0.5) is 5.69 Å². The van der Waals surface area contributed by atoms with Crippen LogP contribution in [0.25, 0.3) is 0 Å². The summed E-state index contributed by atoms with van der Waals surface area (Å²) in [5.41, 5.74) is 4.28. The van der Waals surface area contributed by atoms with E-state index < -0.39 is 0 Å². The molecule has 19 heavy (non-hydrogen) atoms. The van der Waals surface area contributed by atoms with E-state index in [4.69, 9.17) is 0 Å². The van der Waals surface area contributed by atoms with Gasteiger partial charge in [-0.25, -0.2) is 0 Å². The number of amides is 1. The maximum atomic E-state index is 12.2. The fraction of sp³-hybridized carbons (Fsp3) is 0.188. The largest absolute Gasteiger partial charge is 0.507 e. The highest BCUT2D eigenvalue weighted by molar-refractivity contribution is 6.06. The van der Waals surface area contributed by atoms with E-state index in [1.807, 2.05) is 32.9 Å². The van der Waals surface area contributed by atoms with Crippen LogP contribution in [-0.4, -0.2) is 11.0 Å². The third-order valence-corrected chi connectivity index (χ3v) is 3.06. The van der Waals surface area contributed by atoms with E-state index in [1.165, 1.54) is 6.07 Å². The van der Waals surface area contributed by atoms with Gasteiger partial charge in [0, 0.05) is 5.69 Å². The Morgan fingerprint density at radius 1 is 1.05 bits per heavy atom. The maximum absolute atomic E-state index is 12.2. The van der Waals surface area contributed by atoms with Crippen LogP contribution in [0.15, 0.2) is 36.4 Å². The fourth-order valence-corrected chi connectivity index (χ4v) is 2.22. The molecule has 98 valence electrons. The number of hydrogen-bond acceptors (Lipinski definition) is 2. The molecule has 2 aromatic carbocycles. The predicted octanol–water partition coefficient (Wildman–Crippen LogP) is 3.57. The van der Waals surface area contributed by atoms with Crippen LogP contribution in [-0.2, 0) is 0 Å². The first-order chi connectivity index (χ1) is 8.99. The van der Waals surface area contributed by atoms with Gasteiger partial charge < -0.3 is 10.4 Å². The third kappa shape index (κ3) is 2.76. The predicted molar refractivity (Wildman–Crippen MR) is 76.7 cm³/mol. The van der Waals surface area contributed by atoms with Crippen LogP contribution >= 0.6 is 0 Å². The van der Waals surface area contributed by atoms with Crippen molar-refractivity contribution in [3.63, 3.8) is 0 Å². The summed E-state index contributed by atoms with van der Waals surface area (Å²) in [6.07, 6.45) is 0. The number of para-hydroxylation sites is 1. The molecule has 0 spiro atoms. The molecule has 0 aromatic heterocycles. The Kier molecular flexibility index (Phi) is 3.56. The molecule has 3 nitrogen and oxygen atoms in total.